The standard InChI is InChI=1S/C13H20ClN3O/c1-3-11-9-17(4-5-18-11)13-6-10(7-15-2)12(14)8-16-13/h6,8,11,15H,3-5,7,9H2,1-2H3. The Hall–Kier alpha value is -0.840. The van der Waals surface area contributed by atoms with E-state index in [0.29, 0.717) is 11.1 Å². The average Bonchev–Trinajstić information content (AvgIpc) is 2.41. The summed E-state index contributed by atoms with van der Waals surface area (Å²) in [7, 11) is 1.91. The number of pyridine rings is 1. The van der Waals surface area contributed by atoms with E-state index in [-0.39, 0.29) is 0 Å². The molecule has 2 heterocycles. The predicted octanol–water partition coefficient (Wildman–Crippen LogP) is 2.07. The van der Waals surface area contributed by atoms with Crippen molar-refractivity contribution in [2.75, 3.05) is 31.6 Å². The normalized spacial score (nSPS) is 20.2. The monoisotopic (exact) mass is 269 g/mol. The summed E-state index contributed by atoms with van der Waals surface area (Å²) in [6.45, 7) is 5.48. The second kappa shape index (κ2) is 6.36. The molecule has 1 N–H and O–H groups in total. The van der Waals surface area contributed by atoms with Gasteiger partial charge in [0, 0.05) is 25.8 Å². The second-order valence-electron chi connectivity index (χ2n) is 4.51. The number of ether oxygens (including phenoxy) is 1. The number of morpholine rings is 1. The summed E-state index contributed by atoms with van der Waals surface area (Å²) in [6.07, 6.45) is 3.08. The summed E-state index contributed by atoms with van der Waals surface area (Å²) in [5.41, 5.74) is 1.09. The number of anilines is 1. The van der Waals surface area contributed by atoms with E-state index in [1.165, 1.54) is 0 Å². The first-order valence-electron chi connectivity index (χ1n) is 6.40. The van der Waals surface area contributed by atoms with Crippen LogP contribution in [0.5, 0.6) is 0 Å². The van der Waals surface area contributed by atoms with Gasteiger partial charge in [-0.3, -0.25) is 0 Å². The van der Waals surface area contributed by atoms with E-state index in [0.717, 1.165) is 44.0 Å². The third-order valence-corrected chi connectivity index (χ3v) is 3.55. The van der Waals surface area contributed by atoms with Gasteiger partial charge in [-0.05, 0) is 25.1 Å². The van der Waals surface area contributed by atoms with Crippen molar-refractivity contribution in [3.8, 4) is 0 Å². The molecule has 1 aliphatic rings. The Morgan fingerprint density at radius 1 is 1.61 bits per heavy atom. The number of hydrogen-bond acceptors (Lipinski definition) is 4. The van der Waals surface area contributed by atoms with Gasteiger partial charge >= 0.3 is 0 Å². The highest BCUT2D eigenvalue weighted by Gasteiger charge is 2.20. The van der Waals surface area contributed by atoms with Gasteiger partial charge in [0.15, 0.2) is 0 Å². The van der Waals surface area contributed by atoms with Crippen LogP contribution in [-0.4, -0.2) is 37.8 Å². The van der Waals surface area contributed by atoms with Crippen LogP contribution in [0.1, 0.15) is 18.9 Å². The highest BCUT2D eigenvalue weighted by Crippen LogP contribution is 2.22. The summed E-state index contributed by atoms with van der Waals surface area (Å²) in [5, 5.41) is 3.84. The van der Waals surface area contributed by atoms with E-state index in [9.17, 15) is 0 Å². The largest absolute Gasteiger partial charge is 0.375 e. The number of halogens is 1. The van der Waals surface area contributed by atoms with Crippen LogP contribution in [0.25, 0.3) is 0 Å². The van der Waals surface area contributed by atoms with Crippen LogP contribution in [-0.2, 0) is 11.3 Å². The Morgan fingerprint density at radius 2 is 2.44 bits per heavy atom. The maximum absolute atomic E-state index is 6.12. The Balaban J connectivity index is 2.14. The molecule has 0 spiro atoms. The molecule has 5 heteroatoms. The minimum Gasteiger partial charge on any atom is -0.375 e. The van der Waals surface area contributed by atoms with Crippen LogP contribution >= 0.6 is 11.6 Å². The molecule has 1 unspecified atom stereocenters. The number of rotatable bonds is 4. The van der Waals surface area contributed by atoms with E-state index >= 15 is 0 Å². The zero-order valence-electron chi connectivity index (χ0n) is 10.9. The molecule has 100 valence electrons. The van der Waals surface area contributed by atoms with Gasteiger partial charge in [0.2, 0.25) is 0 Å². The molecule has 0 aromatic carbocycles. The first-order chi connectivity index (χ1) is 8.74. The van der Waals surface area contributed by atoms with Gasteiger partial charge in [0.25, 0.3) is 0 Å². The van der Waals surface area contributed by atoms with Crippen LogP contribution in [0, 0.1) is 0 Å². The van der Waals surface area contributed by atoms with Gasteiger partial charge in [0.1, 0.15) is 5.82 Å². The topological polar surface area (TPSA) is 37.4 Å². The summed E-state index contributed by atoms with van der Waals surface area (Å²) in [5.74, 6) is 0.992. The SMILES string of the molecule is CCC1CN(c2cc(CNC)c(Cl)cn2)CCO1. The van der Waals surface area contributed by atoms with Crippen molar-refractivity contribution in [2.45, 2.75) is 26.0 Å². The molecule has 4 nitrogen and oxygen atoms in total. The van der Waals surface area contributed by atoms with Crippen molar-refractivity contribution in [2.24, 2.45) is 0 Å². The fraction of sp³-hybridized carbons (Fsp3) is 0.615. The number of nitrogens with one attached hydrogen (secondary N) is 1. The predicted molar refractivity (Wildman–Crippen MR) is 74.3 cm³/mol. The molecule has 2 rings (SSSR count). The van der Waals surface area contributed by atoms with Gasteiger partial charge in [0.05, 0.1) is 17.7 Å². The van der Waals surface area contributed by atoms with E-state index < -0.39 is 0 Å². The molecule has 0 saturated carbocycles. The van der Waals surface area contributed by atoms with Crippen LogP contribution < -0.4 is 10.2 Å². The number of hydrogen-bond donors (Lipinski definition) is 1. The molecule has 1 aliphatic heterocycles. The van der Waals surface area contributed by atoms with Crippen LogP contribution in [0.3, 0.4) is 0 Å². The molecule has 18 heavy (non-hydrogen) atoms. The smallest absolute Gasteiger partial charge is 0.129 e. The summed E-state index contributed by atoms with van der Waals surface area (Å²) >= 11 is 6.12. The van der Waals surface area contributed by atoms with Crippen LogP contribution in [0.15, 0.2) is 12.3 Å². The third-order valence-electron chi connectivity index (χ3n) is 3.21. The van der Waals surface area contributed by atoms with Crippen LogP contribution in [0.4, 0.5) is 5.82 Å². The molecule has 0 amide bonds. The maximum Gasteiger partial charge on any atom is 0.129 e. The van der Waals surface area contributed by atoms with Crippen molar-refractivity contribution in [1.29, 1.82) is 0 Å². The second-order valence-corrected chi connectivity index (χ2v) is 4.92. The van der Waals surface area contributed by atoms with Gasteiger partial charge < -0.3 is 15.0 Å². The molecule has 1 atom stereocenters. The van der Waals surface area contributed by atoms with Crippen molar-refractivity contribution in [3.63, 3.8) is 0 Å². The summed E-state index contributed by atoms with van der Waals surface area (Å²) in [6, 6.07) is 2.07. The lowest BCUT2D eigenvalue weighted by molar-refractivity contribution is 0.0381. The van der Waals surface area contributed by atoms with E-state index in [1.54, 1.807) is 6.20 Å². The lowest BCUT2D eigenvalue weighted by Crippen LogP contribution is -2.42. The van der Waals surface area contributed by atoms with Crippen LogP contribution in [0.2, 0.25) is 5.02 Å². The zero-order valence-corrected chi connectivity index (χ0v) is 11.7. The fourth-order valence-electron chi connectivity index (χ4n) is 2.14. The number of nitrogens with zero attached hydrogens (tertiary/aromatic N) is 2. The Morgan fingerprint density at radius 3 is 3.17 bits per heavy atom. The molecule has 1 saturated heterocycles. The molecule has 0 aliphatic carbocycles. The molecule has 0 radical (unpaired) electrons. The summed E-state index contributed by atoms with van der Waals surface area (Å²) in [4.78, 5) is 6.70. The Kier molecular flexibility index (Phi) is 4.80. The van der Waals surface area contributed by atoms with Gasteiger partial charge in [-0.2, -0.15) is 0 Å². The van der Waals surface area contributed by atoms with E-state index in [1.807, 2.05) is 7.05 Å². The molecule has 1 aromatic rings. The Labute approximate surface area is 113 Å². The van der Waals surface area contributed by atoms with E-state index in [4.69, 9.17) is 16.3 Å². The average molecular weight is 270 g/mol. The minimum atomic E-state index is 0.309. The van der Waals surface area contributed by atoms with Crippen molar-refractivity contribution in [1.82, 2.24) is 10.3 Å². The zero-order chi connectivity index (χ0) is 13.0. The molecular weight excluding hydrogens is 250 g/mol. The van der Waals surface area contributed by atoms with Crippen molar-refractivity contribution < 1.29 is 4.74 Å². The molecule has 1 aromatic heterocycles. The lowest BCUT2D eigenvalue weighted by Gasteiger charge is -2.33. The minimum absolute atomic E-state index is 0.309. The molecule has 1 fully saturated rings. The van der Waals surface area contributed by atoms with E-state index in [2.05, 4.69) is 28.2 Å². The highest BCUT2D eigenvalue weighted by atomic mass is 35.5. The maximum atomic E-state index is 6.12. The quantitative estimate of drug-likeness (QED) is 0.908. The molecular formula is C13H20ClN3O. The summed E-state index contributed by atoms with van der Waals surface area (Å²) < 4.78 is 5.67. The first-order valence-corrected chi connectivity index (χ1v) is 6.78. The van der Waals surface area contributed by atoms with Gasteiger partial charge in [-0.1, -0.05) is 18.5 Å². The molecule has 0 bridgehead atoms. The van der Waals surface area contributed by atoms with Gasteiger partial charge in [-0.15, -0.1) is 0 Å². The van der Waals surface area contributed by atoms with Crippen molar-refractivity contribution in [3.05, 3.63) is 22.8 Å². The number of aromatic nitrogens is 1. The third kappa shape index (κ3) is 3.13. The highest BCUT2D eigenvalue weighted by molar-refractivity contribution is 6.31. The first kappa shape index (κ1) is 13.6. The lowest BCUT2D eigenvalue weighted by atomic mass is 10.2. The van der Waals surface area contributed by atoms with Crippen molar-refractivity contribution >= 4 is 17.4 Å². The fourth-order valence-corrected chi connectivity index (χ4v) is 2.31. The van der Waals surface area contributed by atoms with Gasteiger partial charge in [-0.25, -0.2) is 4.98 Å². The Bertz CT molecular complexity index is 400.